The van der Waals surface area contributed by atoms with E-state index < -0.39 is 8.32 Å². The first-order valence-electron chi connectivity index (χ1n) is 6.52. The van der Waals surface area contributed by atoms with Crippen molar-refractivity contribution in [3.63, 3.8) is 0 Å². The van der Waals surface area contributed by atoms with E-state index in [1.807, 2.05) is 13.0 Å². The molecule has 0 amide bonds. The molecule has 0 aliphatic rings. The molecular formula is C14H24BrNO2Si. The highest BCUT2D eigenvalue weighted by atomic mass is 79.9. The zero-order chi connectivity index (χ0) is 14.7. The van der Waals surface area contributed by atoms with Gasteiger partial charge in [0.1, 0.15) is 17.0 Å². The van der Waals surface area contributed by atoms with E-state index in [4.69, 9.17) is 9.16 Å². The van der Waals surface area contributed by atoms with Gasteiger partial charge in [0, 0.05) is 0 Å². The predicted octanol–water partition coefficient (Wildman–Crippen LogP) is 4.55. The number of nitrogens with zero attached hydrogens (tertiary/aromatic N) is 1. The molecule has 0 fully saturated rings. The molecule has 1 heterocycles. The Bertz CT molecular complexity index is 430. The van der Waals surface area contributed by atoms with E-state index in [9.17, 15) is 0 Å². The number of rotatable bonds is 5. The second kappa shape index (κ2) is 6.37. The third kappa shape index (κ3) is 4.89. The van der Waals surface area contributed by atoms with Crippen LogP contribution in [0.25, 0.3) is 0 Å². The Morgan fingerprint density at radius 1 is 1.26 bits per heavy atom. The smallest absolute Gasteiger partial charge is 0.192 e. The van der Waals surface area contributed by atoms with E-state index in [1.54, 1.807) is 6.20 Å². The SMILES string of the molecule is Cc1cc(Br)ncc1OCCO[Si](C)(C)C(C)(C)C. The standard InChI is InChI=1S/C14H24BrNO2Si/c1-11-9-13(15)16-10-12(11)17-7-8-18-19(5,6)14(2,3)4/h9-10H,7-8H2,1-6H3. The first-order valence-corrected chi connectivity index (χ1v) is 10.2. The molecule has 0 N–H and O–H groups in total. The van der Waals surface area contributed by atoms with Gasteiger partial charge in [0.05, 0.1) is 12.8 Å². The Balaban J connectivity index is 2.43. The molecule has 5 heteroatoms. The van der Waals surface area contributed by atoms with Gasteiger partial charge in [-0.3, -0.25) is 0 Å². The van der Waals surface area contributed by atoms with E-state index in [-0.39, 0.29) is 5.04 Å². The summed E-state index contributed by atoms with van der Waals surface area (Å²) in [7, 11) is -1.67. The van der Waals surface area contributed by atoms with Gasteiger partial charge in [-0.2, -0.15) is 0 Å². The van der Waals surface area contributed by atoms with Crippen LogP contribution in [-0.2, 0) is 4.43 Å². The first-order chi connectivity index (χ1) is 8.63. The quantitative estimate of drug-likeness (QED) is 0.445. The second-order valence-corrected chi connectivity index (χ2v) is 11.9. The summed E-state index contributed by atoms with van der Waals surface area (Å²) in [5.41, 5.74) is 1.08. The van der Waals surface area contributed by atoms with Crippen molar-refractivity contribution in [2.24, 2.45) is 0 Å². The normalized spacial score (nSPS) is 12.6. The molecule has 0 spiro atoms. The minimum atomic E-state index is -1.67. The minimum absolute atomic E-state index is 0.238. The van der Waals surface area contributed by atoms with E-state index in [2.05, 4.69) is 54.8 Å². The van der Waals surface area contributed by atoms with Crippen LogP contribution in [0, 0.1) is 6.92 Å². The predicted molar refractivity (Wildman–Crippen MR) is 85.3 cm³/mol. The molecule has 0 saturated carbocycles. The molecule has 1 rings (SSSR count). The van der Waals surface area contributed by atoms with E-state index in [1.165, 1.54) is 0 Å². The summed E-state index contributed by atoms with van der Waals surface area (Å²) in [6.45, 7) is 14.4. The summed E-state index contributed by atoms with van der Waals surface area (Å²) in [5.74, 6) is 0.821. The molecule has 1 aromatic heterocycles. The zero-order valence-corrected chi connectivity index (χ0v) is 15.3. The van der Waals surface area contributed by atoms with Crippen LogP contribution in [0.2, 0.25) is 18.1 Å². The van der Waals surface area contributed by atoms with Gasteiger partial charge in [0.2, 0.25) is 0 Å². The van der Waals surface area contributed by atoms with Crippen LogP contribution >= 0.6 is 15.9 Å². The number of aryl methyl sites for hydroxylation is 1. The van der Waals surface area contributed by atoms with Crippen LogP contribution in [0.1, 0.15) is 26.3 Å². The number of ether oxygens (including phenoxy) is 1. The van der Waals surface area contributed by atoms with Gasteiger partial charge < -0.3 is 9.16 Å². The fourth-order valence-electron chi connectivity index (χ4n) is 1.33. The maximum Gasteiger partial charge on any atom is 0.192 e. The fourth-order valence-corrected chi connectivity index (χ4v) is 2.80. The highest BCUT2D eigenvalue weighted by Gasteiger charge is 2.36. The maximum absolute atomic E-state index is 6.06. The van der Waals surface area contributed by atoms with Gasteiger partial charge in [-0.05, 0) is 52.6 Å². The van der Waals surface area contributed by atoms with Crippen LogP contribution < -0.4 is 4.74 Å². The van der Waals surface area contributed by atoms with Gasteiger partial charge >= 0.3 is 0 Å². The fraction of sp³-hybridized carbons (Fsp3) is 0.643. The Labute approximate surface area is 126 Å². The molecule has 0 atom stereocenters. The topological polar surface area (TPSA) is 31.4 Å². The van der Waals surface area contributed by atoms with Gasteiger partial charge in [-0.1, -0.05) is 20.8 Å². The number of pyridine rings is 1. The molecule has 0 aliphatic carbocycles. The van der Waals surface area contributed by atoms with Crippen LogP contribution in [-0.4, -0.2) is 26.5 Å². The summed E-state index contributed by atoms with van der Waals surface area (Å²) >= 11 is 3.34. The maximum atomic E-state index is 6.06. The van der Waals surface area contributed by atoms with Gasteiger partial charge in [0.15, 0.2) is 8.32 Å². The van der Waals surface area contributed by atoms with Gasteiger partial charge in [-0.25, -0.2) is 4.98 Å². The Hall–Kier alpha value is -0.393. The lowest BCUT2D eigenvalue weighted by atomic mass is 10.2. The first kappa shape index (κ1) is 16.7. The van der Waals surface area contributed by atoms with Gasteiger partial charge in [0.25, 0.3) is 0 Å². The van der Waals surface area contributed by atoms with Crippen LogP contribution in [0.15, 0.2) is 16.9 Å². The Kier molecular flexibility index (Phi) is 5.59. The van der Waals surface area contributed by atoms with E-state index >= 15 is 0 Å². The summed E-state index contributed by atoms with van der Waals surface area (Å²) < 4.78 is 12.6. The highest BCUT2D eigenvalue weighted by molar-refractivity contribution is 9.10. The van der Waals surface area contributed by atoms with Crippen molar-refractivity contribution in [1.82, 2.24) is 4.98 Å². The molecule has 0 aromatic carbocycles. The summed E-state index contributed by atoms with van der Waals surface area (Å²) in [6, 6.07) is 1.95. The van der Waals surface area contributed by atoms with Crippen molar-refractivity contribution >= 4 is 24.2 Å². The van der Waals surface area contributed by atoms with Crippen molar-refractivity contribution in [1.29, 1.82) is 0 Å². The average molecular weight is 346 g/mol. The number of hydrogen-bond donors (Lipinski definition) is 0. The molecule has 108 valence electrons. The monoisotopic (exact) mass is 345 g/mol. The zero-order valence-electron chi connectivity index (χ0n) is 12.7. The largest absolute Gasteiger partial charge is 0.489 e. The number of halogens is 1. The van der Waals surface area contributed by atoms with Crippen molar-refractivity contribution < 1.29 is 9.16 Å². The Morgan fingerprint density at radius 2 is 1.89 bits per heavy atom. The minimum Gasteiger partial charge on any atom is -0.489 e. The van der Waals surface area contributed by atoms with Crippen molar-refractivity contribution in [2.45, 2.75) is 45.8 Å². The Morgan fingerprint density at radius 3 is 2.42 bits per heavy atom. The van der Waals surface area contributed by atoms with Crippen molar-refractivity contribution in [2.75, 3.05) is 13.2 Å². The molecule has 0 radical (unpaired) electrons. The average Bonchev–Trinajstić information content (AvgIpc) is 2.25. The highest BCUT2D eigenvalue weighted by Crippen LogP contribution is 2.36. The van der Waals surface area contributed by atoms with Crippen molar-refractivity contribution in [3.05, 3.63) is 22.4 Å². The van der Waals surface area contributed by atoms with Crippen LogP contribution in [0.4, 0.5) is 0 Å². The van der Waals surface area contributed by atoms with Crippen LogP contribution in [0.3, 0.4) is 0 Å². The molecule has 19 heavy (non-hydrogen) atoms. The lowest BCUT2D eigenvalue weighted by Crippen LogP contribution is -2.41. The molecule has 3 nitrogen and oxygen atoms in total. The van der Waals surface area contributed by atoms with E-state index in [0.29, 0.717) is 13.2 Å². The second-order valence-electron chi connectivity index (χ2n) is 6.23. The third-order valence-electron chi connectivity index (χ3n) is 3.64. The molecular weight excluding hydrogens is 322 g/mol. The summed E-state index contributed by atoms with van der Waals surface area (Å²) in [4.78, 5) is 4.17. The summed E-state index contributed by atoms with van der Waals surface area (Å²) in [5, 5.41) is 0.238. The summed E-state index contributed by atoms with van der Waals surface area (Å²) in [6.07, 6.45) is 1.74. The third-order valence-corrected chi connectivity index (χ3v) is 8.61. The number of aromatic nitrogens is 1. The lowest BCUT2D eigenvalue weighted by Gasteiger charge is -2.36. The van der Waals surface area contributed by atoms with Crippen molar-refractivity contribution in [3.8, 4) is 5.75 Å². The molecule has 0 bridgehead atoms. The molecule has 0 unspecified atom stereocenters. The molecule has 1 aromatic rings. The van der Waals surface area contributed by atoms with E-state index in [0.717, 1.165) is 15.9 Å². The van der Waals surface area contributed by atoms with Crippen LogP contribution in [0.5, 0.6) is 5.75 Å². The van der Waals surface area contributed by atoms with Gasteiger partial charge in [-0.15, -0.1) is 0 Å². The molecule has 0 aliphatic heterocycles. The molecule has 0 saturated heterocycles. The lowest BCUT2D eigenvalue weighted by molar-refractivity contribution is 0.202. The number of hydrogen-bond acceptors (Lipinski definition) is 3.